The highest BCUT2D eigenvalue weighted by Gasteiger charge is 2.20. The van der Waals surface area contributed by atoms with Crippen molar-refractivity contribution >= 4 is 12.4 Å². The highest BCUT2D eigenvalue weighted by molar-refractivity contribution is 5.85. The van der Waals surface area contributed by atoms with Gasteiger partial charge in [0, 0.05) is 12.1 Å². The number of alkyl halides is 2. The van der Waals surface area contributed by atoms with Gasteiger partial charge < -0.3 is 10.1 Å². The molecule has 1 aliphatic rings. The van der Waals surface area contributed by atoms with Crippen LogP contribution in [-0.2, 0) is 6.54 Å². The van der Waals surface area contributed by atoms with Gasteiger partial charge in [0.25, 0.3) is 0 Å². The van der Waals surface area contributed by atoms with Gasteiger partial charge >= 0.3 is 6.61 Å². The number of para-hydroxylation sites is 1. The Balaban J connectivity index is 0.00000242. The first-order valence-electron chi connectivity index (χ1n) is 7.58. The fourth-order valence-electron chi connectivity index (χ4n) is 2.87. The molecule has 1 heterocycles. The predicted molar refractivity (Wildman–Crippen MR) is 86.9 cm³/mol. The lowest BCUT2D eigenvalue weighted by molar-refractivity contribution is -0.0508. The molecule has 1 fully saturated rings. The second-order valence-electron chi connectivity index (χ2n) is 5.60. The van der Waals surface area contributed by atoms with Crippen molar-refractivity contribution in [3.8, 4) is 5.75 Å². The van der Waals surface area contributed by atoms with Crippen LogP contribution in [0.3, 0.4) is 0 Å². The third kappa shape index (κ3) is 6.07. The van der Waals surface area contributed by atoms with E-state index in [-0.39, 0.29) is 12.4 Å². The summed E-state index contributed by atoms with van der Waals surface area (Å²) >= 11 is 0. The third-order valence-corrected chi connectivity index (χ3v) is 4.09. The number of halogens is 3. The van der Waals surface area contributed by atoms with E-state index in [2.05, 4.69) is 15.0 Å². The van der Waals surface area contributed by atoms with Crippen LogP contribution in [0.1, 0.15) is 24.8 Å². The summed E-state index contributed by atoms with van der Waals surface area (Å²) in [7, 11) is 1.98. The van der Waals surface area contributed by atoms with Crippen LogP contribution in [0, 0.1) is 5.92 Å². The largest absolute Gasteiger partial charge is 0.434 e. The molecule has 0 atom stereocenters. The summed E-state index contributed by atoms with van der Waals surface area (Å²) in [4.78, 5) is 2.32. The maximum Gasteiger partial charge on any atom is 0.387 e. The topological polar surface area (TPSA) is 24.5 Å². The van der Waals surface area contributed by atoms with Crippen LogP contribution in [0.15, 0.2) is 24.3 Å². The molecule has 3 nitrogen and oxygen atoms in total. The molecule has 1 aromatic rings. The lowest BCUT2D eigenvalue weighted by Gasteiger charge is -2.32. The summed E-state index contributed by atoms with van der Waals surface area (Å²) in [6, 6.07) is 7.07. The van der Waals surface area contributed by atoms with Crippen molar-refractivity contribution in [3.63, 3.8) is 0 Å². The van der Waals surface area contributed by atoms with Crippen LogP contribution in [0.25, 0.3) is 0 Å². The van der Waals surface area contributed by atoms with E-state index in [0.29, 0.717) is 12.3 Å². The summed E-state index contributed by atoms with van der Waals surface area (Å²) in [5.41, 5.74) is 0.839. The van der Waals surface area contributed by atoms with Gasteiger partial charge in [-0.25, -0.2) is 0 Å². The summed E-state index contributed by atoms with van der Waals surface area (Å²) in [6.45, 7) is 1.03. The number of rotatable bonds is 7. The van der Waals surface area contributed by atoms with Gasteiger partial charge in [-0.15, -0.1) is 12.4 Å². The zero-order chi connectivity index (χ0) is 15.1. The van der Waals surface area contributed by atoms with Gasteiger partial charge in [-0.1, -0.05) is 18.2 Å². The lowest BCUT2D eigenvalue weighted by Crippen LogP contribution is -2.34. The molecule has 0 bridgehead atoms. The van der Waals surface area contributed by atoms with Crippen LogP contribution in [0.2, 0.25) is 0 Å². The molecule has 1 aromatic carbocycles. The maximum atomic E-state index is 12.4. The van der Waals surface area contributed by atoms with Crippen LogP contribution in [0.4, 0.5) is 8.78 Å². The van der Waals surface area contributed by atoms with Crippen molar-refractivity contribution in [1.29, 1.82) is 0 Å². The normalized spacial score (nSPS) is 16.5. The molecule has 0 amide bonds. The second kappa shape index (κ2) is 9.98. The number of nitrogens with zero attached hydrogens (tertiary/aromatic N) is 1. The molecule has 1 saturated heterocycles. The molecule has 0 radical (unpaired) electrons. The van der Waals surface area contributed by atoms with Crippen molar-refractivity contribution in [2.24, 2.45) is 5.92 Å². The number of piperidine rings is 1. The smallest absolute Gasteiger partial charge is 0.387 e. The van der Waals surface area contributed by atoms with E-state index in [4.69, 9.17) is 0 Å². The fraction of sp³-hybridized carbons (Fsp3) is 0.625. The molecule has 6 heteroatoms. The molecular formula is C16H25ClF2N2O. The Morgan fingerprint density at radius 2 is 1.95 bits per heavy atom. The van der Waals surface area contributed by atoms with Crippen molar-refractivity contribution in [3.05, 3.63) is 29.8 Å². The second-order valence-corrected chi connectivity index (χ2v) is 5.60. The van der Waals surface area contributed by atoms with E-state index in [9.17, 15) is 8.78 Å². The Bertz CT molecular complexity index is 426. The summed E-state index contributed by atoms with van der Waals surface area (Å²) in [5.74, 6) is 1.08. The standard InChI is InChI=1S/C16H24F2N2O.ClH/c1-19-9-6-13-7-10-20(11-8-13)12-14-4-2-3-5-15(14)21-16(17)18;/h2-5,13,16,19H,6-12H2,1H3;1H. The van der Waals surface area contributed by atoms with Gasteiger partial charge in [0.05, 0.1) is 0 Å². The highest BCUT2D eigenvalue weighted by Crippen LogP contribution is 2.25. The van der Waals surface area contributed by atoms with Crippen molar-refractivity contribution in [2.75, 3.05) is 26.7 Å². The number of benzene rings is 1. The molecule has 1 aliphatic heterocycles. The Hall–Kier alpha value is -0.910. The first kappa shape index (κ1) is 19.1. The van der Waals surface area contributed by atoms with Crippen molar-refractivity contribution in [2.45, 2.75) is 32.4 Å². The monoisotopic (exact) mass is 334 g/mol. The van der Waals surface area contributed by atoms with Gasteiger partial charge in [-0.05, 0) is 57.9 Å². The van der Waals surface area contributed by atoms with Gasteiger partial charge in [-0.2, -0.15) is 8.78 Å². The molecular weight excluding hydrogens is 310 g/mol. The Morgan fingerprint density at radius 3 is 2.59 bits per heavy atom. The molecule has 0 unspecified atom stereocenters. The number of hydrogen-bond acceptors (Lipinski definition) is 3. The lowest BCUT2D eigenvalue weighted by atomic mass is 9.93. The predicted octanol–water partition coefficient (Wildman–Crippen LogP) is 3.53. The highest BCUT2D eigenvalue weighted by atomic mass is 35.5. The van der Waals surface area contributed by atoms with Crippen LogP contribution in [-0.4, -0.2) is 38.2 Å². The zero-order valence-electron chi connectivity index (χ0n) is 12.9. The Labute approximate surface area is 137 Å². The first-order valence-corrected chi connectivity index (χ1v) is 7.58. The molecule has 0 aromatic heterocycles. The molecule has 0 saturated carbocycles. The summed E-state index contributed by atoms with van der Waals surface area (Å²) < 4.78 is 29.4. The van der Waals surface area contributed by atoms with E-state index >= 15 is 0 Å². The minimum Gasteiger partial charge on any atom is -0.434 e. The minimum atomic E-state index is -2.77. The summed E-state index contributed by atoms with van der Waals surface area (Å²) in [5, 5.41) is 3.19. The zero-order valence-corrected chi connectivity index (χ0v) is 13.7. The van der Waals surface area contributed by atoms with Crippen LogP contribution >= 0.6 is 12.4 Å². The van der Waals surface area contributed by atoms with E-state index in [1.807, 2.05) is 19.2 Å². The average Bonchev–Trinajstić information content (AvgIpc) is 2.48. The van der Waals surface area contributed by atoms with Gasteiger partial charge in [-0.3, -0.25) is 4.90 Å². The SMILES string of the molecule is CNCCC1CCN(Cc2ccccc2OC(F)F)CC1.Cl. The van der Waals surface area contributed by atoms with Gasteiger partial charge in [0.2, 0.25) is 0 Å². The number of likely N-dealkylation sites (tertiary alicyclic amines) is 1. The Morgan fingerprint density at radius 1 is 1.27 bits per heavy atom. The third-order valence-electron chi connectivity index (χ3n) is 4.09. The molecule has 0 aliphatic carbocycles. The van der Waals surface area contributed by atoms with Crippen LogP contribution < -0.4 is 10.1 Å². The number of ether oxygens (including phenoxy) is 1. The number of nitrogens with one attached hydrogen (secondary N) is 1. The number of hydrogen-bond donors (Lipinski definition) is 1. The molecule has 0 spiro atoms. The molecule has 1 N–H and O–H groups in total. The first-order chi connectivity index (χ1) is 10.2. The fourth-order valence-corrected chi connectivity index (χ4v) is 2.87. The van der Waals surface area contributed by atoms with E-state index in [1.165, 1.54) is 19.3 Å². The average molecular weight is 335 g/mol. The van der Waals surface area contributed by atoms with Gasteiger partial charge in [0.15, 0.2) is 0 Å². The van der Waals surface area contributed by atoms with Gasteiger partial charge in [0.1, 0.15) is 5.75 Å². The van der Waals surface area contributed by atoms with Crippen molar-refractivity contribution in [1.82, 2.24) is 10.2 Å². The van der Waals surface area contributed by atoms with E-state index < -0.39 is 6.61 Å². The van der Waals surface area contributed by atoms with E-state index in [1.54, 1.807) is 12.1 Å². The molecule has 2 rings (SSSR count). The summed E-state index contributed by atoms with van der Waals surface area (Å²) in [6.07, 6.45) is 3.58. The Kier molecular flexibility index (Phi) is 8.68. The molecule has 126 valence electrons. The minimum absolute atomic E-state index is 0. The van der Waals surface area contributed by atoms with E-state index in [0.717, 1.165) is 31.1 Å². The van der Waals surface area contributed by atoms with Crippen LogP contribution in [0.5, 0.6) is 5.75 Å². The van der Waals surface area contributed by atoms with Crippen molar-refractivity contribution < 1.29 is 13.5 Å². The quantitative estimate of drug-likeness (QED) is 0.825. The molecule has 22 heavy (non-hydrogen) atoms. The maximum absolute atomic E-state index is 12.4.